The third kappa shape index (κ3) is 2.23. The molecule has 1 aliphatic rings. The number of para-hydroxylation sites is 1. The van der Waals surface area contributed by atoms with Gasteiger partial charge in [-0.05, 0) is 17.7 Å². The van der Waals surface area contributed by atoms with Crippen LogP contribution in [0.15, 0.2) is 48.5 Å². The van der Waals surface area contributed by atoms with Crippen LogP contribution < -0.4 is 9.47 Å². The average Bonchev–Trinajstić information content (AvgIpc) is 2.94. The molecule has 2 aromatic rings. The maximum Gasteiger partial charge on any atom is 0.336 e. The molecule has 1 aliphatic heterocycles. The van der Waals surface area contributed by atoms with Crippen LogP contribution in [0.3, 0.4) is 0 Å². The summed E-state index contributed by atoms with van der Waals surface area (Å²) in [5.74, 6) is 0.242. The second-order valence-electron chi connectivity index (χ2n) is 4.31. The van der Waals surface area contributed by atoms with Gasteiger partial charge in [-0.15, -0.1) is 0 Å². The third-order valence-electron chi connectivity index (χ3n) is 3.04. The lowest BCUT2D eigenvalue weighted by molar-refractivity contribution is -0.130. The molecule has 4 nitrogen and oxygen atoms in total. The van der Waals surface area contributed by atoms with Crippen molar-refractivity contribution in [2.75, 3.05) is 6.79 Å². The Morgan fingerprint density at radius 2 is 1.85 bits per heavy atom. The fraction of sp³-hybridized carbons (Fsp3) is 0.0625. The minimum Gasteiger partial charge on any atom is -0.478 e. The average molecular weight is 268 g/mol. The monoisotopic (exact) mass is 268 g/mol. The highest BCUT2D eigenvalue weighted by atomic mass is 16.7. The van der Waals surface area contributed by atoms with Crippen LogP contribution in [0, 0.1) is 0 Å². The second-order valence-corrected chi connectivity index (χ2v) is 4.31. The van der Waals surface area contributed by atoms with Gasteiger partial charge in [0.2, 0.25) is 6.79 Å². The Bertz CT molecular complexity index is 674. The van der Waals surface area contributed by atoms with Crippen molar-refractivity contribution in [3.63, 3.8) is 0 Å². The van der Waals surface area contributed by atoms with Crippen LogP contribution in [0.1, 0.15) is 11.1 Å². The van der Waals surface area contributed by atoms with E-state index in [1.165, 1.54) is 0 Å². The van der Waals surface area contributed by atoms with Gasteiger partial charge in [0.15, 0.2) is 11.5 Å². The summed E-state index contributed by atoms with van der Waals surface area (Å²) in [5.41, 5.74) is 1.56. The van der Waals surface area contributed by atoms with Crippen LogP contribution in [0.2, 0.25) is 0 Å². The zero-order valence-corrected chi connectivity index (χ0v) is 10.6. The van der Waals surface area contributed by atoms with Crippen molar-refractivity contribution in [2.24, 2.45) is 0 Å². The molecule has 2 aromatic carbocycles. The number of carboxylic acid groups (broad SMARTS) is 1. The minimum absolute atomic E-state index is 0.161. The maximum atomic E-state index is 11.5. The number of rotatable bonds is 3. The highest BCUT2D eigenvalue weighted by Crippen LogP contribution is 2.37. The Kier molecular flexibility index (Phi) is 3.13. The van der Waals surface area contributed by atoms with Crippen LogP contribution in [0.4, 0.5) is 0 Å². The molecule has 100 valence electrons. The van der Waals surface area contributed by atoms with E-state index in [4.69, 9.17) is 9.47 Å². The Morgan fingerprint density at radius 3 is 2.60 bits per heavy atom. The maximum absolute atomic E-state index is 11.5. The van der Waals surface area contributed by atoms with Gasteiger partial charge < -0.3 is 14.6 Å². The zero-order valence-electron chi connectivity index (χ0n) is 10.6. The van der Waals surface area contributed by atoms with Gasteiger partial charge in [-0.3, -0.25) is 0 Å². The third-order valence-corrected chi connectivity index (χ3v) is 3.04. The van der Waals surface area contributed by atoms with E-state index in [-0.39, 0.29) is 12.4 Å². The molecular weight excluding hydrogens is 256 g/mol. The number of hydrogen-bond acceptors (Lipinski definition) is 3. The predicted octanol–water partition coefficient (Wildman–Crippen LogP) is 3.04. The van der Waals surface area contributed by atoms with Crippen LogP contribution >= 0.6 is 0 Å². The molecule has 4 heteroatoms. The van der Waals surface area contributed by atoms with Crippen LogP contribution in [-0.4, -0.2) is 17.9 Å². The number of benzene rings is 2. The summed E-state index contributed by atoms with van der Waals surface area (Å²) in [6.45, 7) is 0.161. The Hall–Kier alpha value is -2.75. The van der Waals surface area contributed by atoms with Gasteiger partial charge in [-0.25, -0.2) is 4.79 Å². The number of aliphatic carboxylic acids is 1. The van der Waals surface area contributed by atoms with Crippen molar-refractivity contribution in [1.82, 2.24) is 0 Å². The first-order valence-corrected chi connectivity index (χ1v) is 6.15. The molecule has 0 saturated carbocycles. The van der Waals surface area contributed by atoms with Gasteiger partial charge in [-0.2, -0.15) is 0 Å². The van der Waals surface area contributed by atoms with Crippen molar-refractivity contribution < 1.29 is 19.4 Å². The van der Waals surface area contributed by atoms with Crippen LogP contribution in [0.5, 0.6) is 11.5 Å². The SMILES string of the molecule is O=C(O)/C(=C/c1cccc2c1OCO2)c1ccccc1. The van der Waals surface area contributed by atoms with Gasteiger partial charge in [0.1, 0.15) is 0 Å². The van der Waals surface area contributed by atoms with Gasteiger partial charge in [0.05, 0.1) is 5.57 Å². The molecule has 0 aliphatic carbocycles. The predicted molar refractivity (Wildman–Crippen MR) is 74.5 cm³/mol. The second kappa shape index (κ2) is 5.09. The highest BCUT2D eigenvalue weighted by molar-refractivity contribution is 6.20. The van der Waals surface area contributed by atoms with Gasteiger partial charge in [0, 0.05) is 5.56 Å². The van der Waals surface area contributed by atoms with E-state index in [2.05, 4.69) is 0 Å². The first-order chi connectivity index (χ1) is 9.75. The quantitative estimate of drug-likeness (QED) is 0.686. The molecule has 1 N–H and O–H groups in total. The van der Waals surface area contributed by atoms with Gasteiger partial charge in [0.25, 0.3) is 0 Å². The molecule has 0 spiro atoms. The minimum atomic E-state index is -0.979. The lowest BCUT2D eigenvalue weighted by Crippen LogP contribution is -1.99. The molecule has 0 fully saturated rings. The van der Waals surface area contributed by atoms with E-state index in [1.807, 2.05) is 12.1 Å². The van der Waals surface area contributed by atoms with Crippen molar-refractivity contribution in [3.05, 3.63) is 59.7 Å². The van der Waals surface area contributed by atoms with Gasteiger partial charge in [-0.1, -0.05) is 42.5 Å². The lowest BCUT2D eigenvalue weighted by Gasteiger charge is -2.05. The summed E-state index contributed by atoms with van der Waals surface area (Å²) in [7, 11) is 0. The topological polar surface area (TPSA) is 55.8 Å². The van der Waals surface area contributed by atoms with E-state index in [1.54, 1.807) is 42.5 Å². The first kappa shape index (κ1) is 12.3. The smallest absolute Gasteiger partial charge is 0.336 e. The molecule has 0 atom stereocenters. The molecule has 3 rings (SSSR count). The first-order valence-electron chi connectivity index (χ1n) is 6.15. The molecule has 0 aromatic heterocycles. The Balaban J connectivity index is 2.09. The summed E-state index contributed by atoms with van der Waals surface area (Å²) in [4.78, 5) is 11.5. The summed E-state index contributed by atoms with van der Waals surface area (Å²) < 4.78 is 10.7. The number of carboxylic acids is 1. The van der Waals surface area contributed by atoms with E-state index in [0.717, 1.165) is 0 Å². The van der Waals surface area contributed by atoms with Crippen molar-refractivity contribution in [3.8, 4) is 11.5 Å². The van der Waals surface area contributed by atoms with E-state index in [0.29, 0.717) is 22.6 Å². The molecule has 0 radical (unpaired) electrons. The summed E-state index contributed by atoms with van der Waals surface area (Å²) in [6, 6.07) is 14.4. The molecule has 1 heterocycles. The summed E-state index contributed by atoms with van der Waals surface area (Å²) in [5, 5.41) is 9.40. The summed E-state index contributed by atoms with van der Waals surface area (Å²) >= 11 is 0. The molecular formula is C16H12O4. The van der Waals surface area contributed by atoms with Crippen molar-refractivity contribution in [2.45, 2.75) is 0 Å². The Labute approximate surface area is 115 Å². The fourth-order valence-corrected chi connectivity index (χ4v) is 2.11. The largest absolute Gasteiger partial charge is 0.478 e. The highest BCUT2D eigenvalue weighted by Gasteiger charge is 2.18. The fourth-order valence-electron chi connectivity index (χ4n) is 2.11. The van der Waals surface area contributed by atoms with E-state index >= 15 is 0 Å². The molecule has 0 amide bonds. The molecule has 0 unspecified atom stereocenters. The molecule has 0 saturated heterocycles. The van der Waals surface area contributed by atoms with Gasteiger partial charge >= 0.3 is 5.97 Å². The van der Waals surface area contributed by atoms with E-state index < -0.39 is 5.97 Å². The lowest BCUT2D eigenvalue weighted by atomic mass is 10.0. The van der Waals surface area contributed by atoms with E-state index in [9.17, 15) is 9.90 Å². The zero-order chi connectivity index (χ0) is 13.9. The number of carbonyl (C=O) groups is 1. The number of hydrogen-bond donors (Lipinski definition) is 1. The Morgan fingerprint density at radius 1 is 1.05 bits per heavy atom. The number of ether oxygens (including phenoxy) is 2. The standard InChI is InChI=1S/C16H12O4/c17-16(18)13(11-5-2-1-3-6-11)9-12-7-4-8-14-15(12)20-10-19-14/h1-9H,10H2,(H,17,18)/b13-9+. The van der Waals surface area contributed by atoms with Crippen molar-refractivity contribution in [1.29, 1.82) is 0 Å². The summed E-state index contributed by atoms with van der Waals surface area (Å²) in [6.07, 6.45) is 1.60. The van der Waals surface area contributed by atoms with Crippen LogP contribution in [0.25, 0.3) is 11.6 Å². The molecule has 20 heavy (non-hydrogen) atoms. The number of fused-ring (bicyclic) bond motifs is 1. The van der Waals surface area contributed by atoms with Crippen LogP contribution in [-0.2, 0) is 4.79 Å². The molecule has 0 bridgehead atoms. The normalized spacial score (nSPS) is 13.3. The van der Waals surface area contributed by atoms with Crippen molar-refractivity contribution >= 4 is 17.6 Å².